The Morgan fingerprint density at radius 2 is 1.67 bits per heavy atom. The first kappa shape index (κ1) is 12.1. The lowest BCUT2D eigenvalue weighted by molar-refractivity contribution is 0.0164. The van der Waals surface area contributed by atoms with E-state index >= 15 is 0 Å². The Morgan fingerprint density at radius 3 is 2.07 bits per heavy atom. The lowest BCUT2D eigenvalue weighted by Gasteiger charge is -2.37. The quantitative estimate of drug-likeness (QED) is 0.828. The summed E-state index contributed by atoms with van der Waals surface area (Å²) in [5, 5.41) is 10.1. The fraction of sp³-hybridized carbons (Fsp3) is 0.500. The summed E-state index contributed by atoms with van der Waals surface area (Å²) in [5.74, 6) is -0.284. The van der Waals surface area contributed by atoms with Crippen LogP contribution in [0.15, 0.2) is 24.3 Å². The van der Waals surface area contributed by atoms with Crippen LogP contribution in [0.3, 0.4) is 0 Å². The molecule has 0 saturated heterocycles. The van der Waals surface area contributed by atoms with Gasteiger partial charge in [0, 0.05) is 5.54 Å². The van der Waals surface area contributed by atoms with Crippen molar-refractivity contribution in [2.75, 3.05) is 14.1 Å². The number of nitrogens with zero attached hydrogens (tertiary/aromatic N) is 1. The minimum atomic E-state index is -0.631. The highest BCUT2D eigenvalue weighted by Crippen LogP contribution is 2.29. The van der Waals surface area contributed by atoms with Gasteiger partial charge in [0.25, 0.3) is 0 Å². The minimum Gasteiger partial charge on any atom is -0.386 e. The molecule has 2 nitrogen and oxygen atoms in total. The van der Waals surface area contributed by atoms with Gasteiger partial charge in [0.05, 0.1) is 6.10 Å². The van der Waals surface area contributed by atoms with Gasteiger partial charge in [-0.3, -0.25) is 0 Å². The highest BCUT2D eigenvalue weighted by Gasteiger charge is 2.30. The summed E-state index contributed by atoms with van der Waals surface area (Å²) in [4.78, 5) is 1.95. The van der Waals surface area contributed by atoms with Crippen molar-refractivity contribution < 1.29 is 9.50 Å². The van der Waals surface area contributed by atoms with Crippen LogP contribution in [0.5, 0.6) is 0 Å². The van der Waals surface area contributed by atoms with Crippen molar-refractivity contribution in [1.29, 1.82) is 0 Å². The number of hydrogen-bond donors (Lipinski definition) is 1. The molecule has 0 amide bonds. The fourth-order valence-corrected chi connectivity index (χ4v) is 1.30. The third-order valence-corrected chi connectivity index (χ3v) is 3.01. The average Bonchev–Trinajstić information content (AvgIpc) is 2.17. The molecule has 0 spiro atoms. The monoisotopic (exact) mass is 211 g/mol. The van der Waals surface area contributed by atoms with Gasteiger partial charge in [-0.05, 0) is 45.6 Å². The van der Waals surface area contributed by atoms with Gasteiger partial charge in [-0.2, -0.15) is 0 Å². The van der Waals surface area contributed by atoms with Crippen LogP contribution in [-0.4, -0.2) is 29.6 Å². The minimum absolute atomic E-state index is 0.284. The van der Waals surface area contributed by atoms with Gasteiger partial charge < -0.3 is 10.0 Å². The summed E-state index contributed by atoms with van der Waals surface area (Å²) in [5.41, 5.74) is 0.354. The second-order valence-corrected chi connectivity index (χ2v) is 4.50. The molecule has 0 aliphatic carbocycles. The number of aliphatic hydroxyl groups excluding tert-OH is 1. The average molecular weight is 211 g/mol. The first-order chi connectivity index (χ1) is 6.85. The standard InChI is InChI=1S/C12H18FNO/c1-12(2,14(3)4)11(15)9-5-7-10(13)8-6-9/h5-8,11,15H,1-4H3. The Morgan fingerprint density at radius 1 is 1.20 bits per heavy atom. The highest BCUT2D eigenvalue weighted by molar-refractivity contribution is 5.21. The molecule has 0 aliphatic heterocycles. The Kier molecular flexibility index (Phi) is 3.47. The largest absolute Gasteiger partial charge is 0.386 e. The maximum Gasteiger partial charge on any atom is 0.123 e. The van der Waals surface area contributed by atoms with Crippen molar-refractivity contribution in [3.63, 3.8) is 0 Å². The molecule has 1 N–H and O–H groups in total. The van der Waals surface area contributed by atoms with Gasteiger partial charge in [-0.25, -0.2) is 4.39 Å². The van der Waals surface area contributed by atoms with Crippen LogP contribution >= 0.6 is 0 Å². The van der Waals surface area contributed by atoms with Crippen molar-refractivity contribution in [1.82, 2.24) is 4.90 Å². The van der Waals surface area contributed by atoms with E-state index in [1.54, 1.807) is 12.1 Å². The second-order valence-electron chi connectivity index (χ2n) is 4.50. The fourth-order valence-electron chi connectivity index (χ4n) is 1.30. The van der Waals surface area contributed by atoms with Gasteiger partial charge in [-0.15, -0.1) is 0 Å². The molecular formula is C12H18FNO. The summed E-state index contributed by atoms with van der Waals surface area (Å²) >= 11 is 0. The maximum atomic E-state index is 12.7. The molecule has 0 aromatic heterocycles. The molecule has 3 heteroatoms. The number of likely N-dealkylation sites (N-methyl/N-ethyl adjacent to an activating group) is 1. The lowest BCUT2D eigenvalue weighted by Crippen LogP contribution is -2.43. The summed E-state index contributed by atoms with van der Waals surface area (Å²) < 4.78 is 12.7. The molecule has 1 aromatic carbocycles. The molecular weight excluding hydrogens is 193 g/mol. The molecule has 1 unspecified atom stereocenters. The van der Waals surface area contributed by atoms with Gasteiger partial charge in [-0.1, -0.05) is 12.1 Å². The number of halogens is 1. The molecule has 15 heavy (non-hydrogen) atoms. The van der Waals surface area contributed by atoms with Gasteiger partial charge in [0.1, 0.15) is 5.82 Å². The van der Waals surface area contributed by atoms with Crippen LogP contribution in [0, 0.1) is 5.82 Å². The molecule has 0 heterocycles. The Hall–Kier alpha value is -0.930. The number of rotatable bonds is 3. The Bertz CT molecular complexity index is 319. The molecule has 0 aliphatic rings. The Balaban J connectivity index is 2.94. The molecule has 1 rings (SSSR count). The van der Waals surface area contributed by atoms with Crippen LogP contribution in [0.2, 0.25) is 0 Å². The third-order valence-electron chi connectivity index (χ3n) is 3.01. The summed E-state index contributed by atoms with van der Waals surface area (Å²) in [6.45, 7) is 3.89. The van der Waals surface area contributed by atoms with Crippen LogP contribution in [-0.2, 0) is 0 Å². The zero-order valence-electron chi connectivity index (χ0n) is 9.66. The van der Waals surface area contributed by atoms with Crippen LogP contribution in [0.1, 0.15) is 25.5 Å². The van der Waals surface area contributed by atoms with Crippen LogP contribution in [0.4, 0.5) is 4.39 Å². The predicted octanol–water partition coefficient (Wildman–Crippen LogP) is 2.20. The third kappa shape index (κ3) is 2.55. The molecule has 84 valence electrons. The number of benzene rings is 1. The van der Waals surface area contributed by atoms with Crippen molar-refractivity contribution in [2.24, 2.45) is 0 Å². The van der Waals surface area contributed by atoms with Gasteiger partial charge in [0.15, 0.2) is 0 Å². The second kappa shape index (κ2) is 4.29. The normalized spacial score (nSPS) is 14.3. The van der Waals surface area contributed by atoms with Crippen LogP contribution in [0.25, 0.3) is 0 Å². The van der Waals surface area contributed by atoms with Gasteiger partial charge in [0.2, 0.25) is 0 Å². The molecule has 1 atom stereocenters. The van der Waals surface area contributed by atoms with E-state index in [4.69, 9.17) is 0 Å². The van der Waals surface area contributed by atoms with Crippen LogP contribution < -0.4 is 0 Å². The Labute approximate surface area is 90.3 Å². The van der Waals surface area contributed by atoms with E-state index in [2.05, 4.69) is 0 Å². The first-order valence-electron chi connectivity index (χ1n) is 4.96. The van der Waals surface area contributed by atoms with Crippen molar-refractivity contribution in [2.45, 2.75) is 25.5 Å². The predicted molar refractivity (Wildman–Crippen MR) is 59.1 cm³/mol. The van der Waals surface area contributed by atoms with E-state index < -0.39 is 6.10 Å². The lowest BCUT2D eigenvalue weighted by atomic mass is 9.90. The topological polar surface area (TPSA) is 23.5 Å². The van der Waals surface area contributed by atoms with E-state index in [1.165, 1.54) is 12.1 Å². The summed E-state index contributed by atoms with van der Waals surface area (Å²) in [6, 6.07) is 5.96. The summed E-state index contributed by atoms with van der Waals surface area (Å²) in [6.07, 6.45) is -0.631. The van der Waals surface area contributed by atoms with Crippen molar-refractivity contribution in [3.05, 3.63) is 35.6 Å². The summed E-state index contributed by atoms with van der Waals surface area (Å²) in [7, 11) is 3.82. The SMILES string of the molecule is CN(C)C(C)(C)C(O)c1ccc(F)cc1. The molecule has 0 radical (unpaired) electrons. The molecule has 0 bridgehead atoms. The highest BCUT2D eigenvalue weighted by atomic mass is 19.1. The number of aliphatic hydroxyl groups is 1. The van der Waals surface area contributed by atoms with Crippen molar-refractivity contribution in [3.8, 4) is 0 Å². The first-order valence-corrected chi connectivity index (χ1v) is 4.96. The van der Waals surface area contributed by atoms with E-state index in [0.717, 1.165) is 5.56 Å². The maximum absolute atomic E-state index is 12.7. The zero-order chi connectivity index (χ0) is 11.6. The molecule has 1 aromatic rings. The van der Waals surface area contributed by atoms with E-state index in [-0.39, 0.29) is 11.4 Å². The van der Waals surface area contributed by atoms with E-state index in [1.807, 2.05) is 32.8 Å². The van der Waals surface area contributed by atoms with Crippen molar-refractivity contribution >= 4 is 0 Å². The molecule has 0 saturated carbocycles. The zero-order valence-corrected chi connectivity index (χ0v) is 9.66. The molecule has 0 fully saturated rings. The van der Waals surface area contributed by atoms with E-state index in [9.17, 15) is 9.50 Å². The van der Waals surface area contributed by atoms with E-state index in [0.29, 0.717) is 0 Å². The number of hydrogen-bond acceptors (Lipinski definition) is 2. The van der Waals surface area contributed by atoms with Gasteiger partial charge >= 0.3 is 0 Å². The smallest absolute Gasteiger partial charge is 0.123 e.